The Bertz CT molecular complexity index is 1120. The smallest absolute Gasteiger partial charge is 0.253 e. The third-order valence-electron chi connectivity index (χ3n) is 6.60. The van der Waals surface area contributed by atoms with Crippen LogP contribution in [0.5, 0.6) is 0 Å². The number of halogens is 1. The van der Waals surface area contributed by atoms with Crippen LogP contribution >= 0.6 is 11.6 Å². The van der Waals surface area contributed by atoms with Crippen molar-refractivity contribution in [3.63, 3.8) is 0 Å². The zero-order chi connectivity index (χ0) is 24.1. The van der Waals surface area contributed by atoms with Crippen LogP contribution in [-0.4, -0.2) is 47.0 Å². The molecule has 4 rings (SSSR count). The van der Waals surface area contributed by atoms with Crippen LogP contribution in [0.3, 0.4) is 0 Å². The summed E-state index contributed by atoms with van der Waals surface area (Å²) in [4.78, 5) is 26.9. The molecule has 0 N–H and O–H groups in total. The van der Waals surface area contributed by atoms with Crippen molar-refractivity contribution in [2.75, 3.05) is 31.1 Å². The van der Waals surface area contributed by atoms with Crippen LogP contribution in [-0.2, 0) is 6.42 Å². The van der Waals surface area contributed by atoms with Gasteiger partial charge < -0.3 is 9.80 Å². The van der Waals surface area contributed by atoms with Crippen molar-refractivity contribution in [2.45, 2.75) is 46.5 Å². The lowest BCUT2D eigenvalue weighted by Gasteiger charge is -2.36. The van der Waals surface area contributed by atoms with E-state index >= 15 is 0 Å². The van der Waals surface area contributed by atoms with Gasteiger partial charge >= 0.3 is 0 Å². The number of nitrogens with zero attached hydrogens (tertiary/aromatic N) is 4. The van der Waals surface area contributed by atoms with Gasteiger partial charge in [-0.3, -0.25) is 4.79 Å². The fourth-order valence-corrected chi connectivity index (χ4v) is 4.47. The number of aryl methyl sites for hydroxylation is 2. The third kappa shape index (κ3) is 5.58. The fraction of sp³-hybridized carbons (Fsp3) is 0.393. The number of aromatic nitrogens is 2. The maximum Gasteiger partial charge on any atom is 0.253 e. The van der Waals surface area contributed by atoms with Crippen LogP contribution in [0.1, 0.15) is 53.4 Å². The molecule has 1 amide bonds. The van der Waals surface area contributed by atoms with Crippen LogP contribution in [0.2, 0.25) is 5.02 Å². The molecule has 0 radical (unpaired) electrons. The Morgan fingerprint density at radius 1 is 0.912 bits per heavy atom. The number of anilines is 1. The second kappa shape index (κ2) is 11.0. The molecule has 0 saturated carbocycles. The average molecular weight is 477 g/mol. The van der Waals surface area contributed by atoms with Crippen molar-refractivity contribution >= 4 is 23.3 Å². The lowest BCUT2D eigenvalue weighted by molar-refractivity contribution is 0.0746. The van der Waals surface area contributed by atoms with Gasteiger partial charge in [-0.1, -0.05) is 43.5 Å². The molecule has 0 aliphatic carbocycles. The van der Waals surface area contributed by atoms with Gasteiger partial charge in [-0.25, -0.2) is 9.97 Å². The van der Waals surface area contributed by atoms with E-state index in [-0.39, 0.29) is 5.91 Å². The van der Waals surface area contributed by atoms with Crippen LogP contribution in [0.4, 0.5) is 5.82 Å². The Morgan fingerprint density at radius 2 is 1.59 bits per heavy atom. The molecular weight excluding hydrogens is 444 g/mol. The normalized spacial score (nSPS) is 13.9. The summed E-state index contributed by atoms with van der Waals surface area (Å²) in [7, 11) is 0. The molecule has 0 bridgehead atoms. The quantitative estimate of drug-likeness (QED) is 0.386. The molecule has 1 aliphatic rings. The van der Waals surface area contributed by atoms with E-state index in [1.54, 1.807) is 0 Å². The molecule has 1 aromatic heterocycles. The zero-order valence-corrected chi connectivity index (χ0v) is 21.1. The number of piperazine rings is 1. The molecule has 2 aromatic carbocycles. The van der Waals surface area contributed by atoms with E-state index in [9.17, 15) is 4.79 Å². The first kappa shape index (κ1) is 24.2. The molecule has 34 heavy (non-hydrogen) atoms. The maximum atomic E-state index is 13.1. The highest BCUT2D eigenvalue weighted by atomic mass is 35.5. The second-order valence-corrected chi connectivity index (χ2v) is 9.46. The Balaban J connectivity index is 1.42. The minimum Gasteiger partial charge on any atom is -0.353 e. The third-order valence-corrected chi connectivity index (χ3v) is 6.85. The van der Waals surface area contributed by atoms with Gasteiger partial charge in [-0.05, 0) is 68.7 Å². The van der Waals surface area contributed by atoms with Gasteiger partial charge in [0.15, 0.2) is 5.82 Å². The van der Waals surface area contributed by atoms with Crippen LogP contribution in [0.25, 0.3) is 11.4 Å². The van der Waals surface area contributed by atoms with Gasteiger partial charge in [-0.15, -0.1) is 0 Å². The van der Waals surface area contributed by atoms with Crippen molar-refractivity contribution in [1.82, 2.24) is 14.9 Å². The van der Waals surface area contributed by atoms with Gasteiger partial charge in [0, 0.05) is 53.6 Å². The summed E-state index contributed by atoms with van der Waals surface area (Å²) >= 11 is 6.04. The predicted octanol–water partition coefficient (Wildman–Crippen LogP) is 6.11. The van der Waals surface area contributed by atoms with E-state index in [4.69, 9.17) is 21.6 Å². The molecular formula is C28H33ClN4O. The lowest BCUT2D eigenvalue weighted by atomic mass is 10.0. The first-order valence-electron chi connectivity index (χ1n) is 12.2. The van der Waals surface area contributed by atoms with Gasteiger partial charge in [0.2, 0.25) is 0 Å². The zero-order valence-electron chi connectivity index (χ0n) is 20.4. The standard InChI is InChI=1S/C28H33ClN4O/c1-4-5-6-7-22-8-10-24(11-9-22)28(34)33-18-16-32(17-19-33)27-20(2)21(3)30-26(31-27)23-12-14-25(29)15-13-23/h8-15H,4-7,16-19H2,1-3H3. The Kier molecular flexibility index (Phi) is 7.84. The SMILES string of the molecule is CCCCCc1ccc(C(=O)N2CCN(c3nc(-c4ccc(Cl)cc4)nc(C)c3C)CC2)cc1. The number of carbonyl (C=O) groups excluding carboxylic acids is 1. The summed E-state index contributed by atoms with van der Waals surface area (Å²) in [5, 5.41) is 0.694. The minimum atomic E-state index is 0.109. The first-order chi connectivity index (χ1) is 16.5. The van der Waals surface area contributed by atoms with Gasteiger partial charge in [0.1, 0.15) is 5.82 Å². The number of benzene rings is 2. The molecule has 2 heterocycles. The van der Waals surface area contributed by atoms with E-state index in [1.807, 2.05) is 48.2 Å². The van der Waals surface area contributed by atoms with Crippen molar-refractivity contribution < 1.29 is 4.79 Å². The fourth-order valence-electron chi connectivity index (χ4n) is 4.35. The minimum absolute atomic E-state index is 0.109. The number of hydrogen-bond acceptors (Lipinski definition) is 4. The number of carbonyl (C=O) groups is 1. The monoisotopic (exact) mass is 476 g/mol. The number of amides is 1. The van der Waals surface area contributed by atoms with E-state index in [1.165, 1.54) is 24.8 Å². The predicted molar refractivity (Wildman–Crippen MR) is 140 cm³/mol. The van der Waals surface area contributed by atoms with E-state index < -0.39 is 0 Å². The Hall–Kier alpha value is -2.92. The molecule has 1 saturated heterocycles. The molecule has 1 fully saturated rings. The second-order valence-electron chi connectivity index (χ2n) is 9.02. The lowest BCUT2D eigenvalue weighted by Crippen LogP contribution is -2.49. The van der Waals surface area contributed by atoms with E-state index in [2.05, 4.69) is 30.9 Å². The topological polar surface area (TPSA) is 49.3 Å². The summed E-state index contributed by atoms with van der Waals surface area (Å²) in [5.74, 6) is 1.76. The summed E-state index contributed by atoms with van der Waals surface area (Å²) < 4.78 is 0. The highest BCUT2D eigenvalue weighted by molar-refractivity contribution is 6.30. The molecule has 1 aliphatic heterocycles. The van der Waals surface area contributed by atoms with Gasteiger partial charge in [0.05, 0.1) is 0 Å². The molecule has 0 unspecified atom stereocenters. The van der Waals surface area contributed by atoms with E-state index in [0.717, 1.165) is 47.7 Å². The highest BCUT2D eigenvalue weighted by Crippen LogP contribution is 2.26. The van der Waals surface area contributed by atoms with E-state index in [0.29, 0.717) is 23.9 Å². The van der Waals surface area contributed by atoms with Crippen LogP contribution in [0, 0.1) is 13.8 Å². The van der Waals surface area contributed by atoms with Crippen LogP contribution < -0.4 is 4.90 Å². The average Bonchev–Trinajstić information content (AvgIpc) is 2.86. The highest BCUT2D eigenvalue weighted by Gasteiger charge is 2.25. The summed E-state index contributed by atoms with van der Waals surface area (Å²) in [6.07, 6.45) is 4.75. The van der Waals surface area contributed by atoms with Crippen molar-refractivity contribution in [2.24, 2.45) is 0 Å². The Labute approximate surface area is 207 Å². The van der Waals surface area contributed by atoms with Crippen LogP contribution in [0.15, 0.2) is 48.5 Å². The largest absolute Gasteiger partial charge is 0.353 e. The molecule has 6 heteroatoms. The summed E-state index contributed by atoms with van der Waals surface area (Å²) in [6, 6.07) is 15.8. The van der Waals surface area contributed by atoms with Crippen molar-refractivity contribution in [3.05, 3.63) is 75.9 Å². The first-order valence-corrected chi connectivity index (χ1v) is 12.6. The van der Waals surface area contributed by atoms with Gasteiger partial charge in [0.25, 0.3) is 5.91 Å². The molecule has 0 spiro atoms. The number of unbranched alkanes of at least 4 members (excludes halogenated alkanes) is 2. The Morgan fingerprint density at radius 3 is 2.24 bits per heavy atom. The molecule has 178 valence electrons. The molecule has 5 nitrogen and oxygen atoms in total. The number of rotatable bonds is 7. The molecule has 3 aromatic rings. The summed E-state index contributed by atoms with van der Waals surface area (Å²) in [5.41, 5.74) is 5.07. The number of hydrogen-bond donors (Lipinski definition) is 0. The van der Waals surface area contributed by atoms with Crippen molar-refractivity contribution in [3.8, 4) is 11.4 Å². The summed E-state index contributed by atoms with van der Waals surface area (Å²) in [6.45, 7) is 9.15. The molecule has 0 atom stereocenters. The maximum absolute atomic E-state index is 13.1. The van der Waals surface area contributed by atoms with Gasteiger partial charge in [-0.2, -0.15) is 0 Å². The van der Waals surface area contributed by atoms with Crippen molar-refractivity contribution in [1.29, 1.82) is 0 Å².